The van der Waals surface area contributed by atoms with E-state index in [-0.39, 0.29) is 10.9 Å². The van der Waals surface area contributed by atoms with E-state index in [9.17, 15) is 8.42 Å². The molecule has 20 heavy (non-hydrogen) atoms. The van der Waals surface area contributed by atoms with Crippen molar-refractivity contribution in [2.24, 2.45) is 5.73 Å². The van der Waals surface area contributed by atoms with Gasteiger partial charge >= 0.3 is 0 Å². The second kappa shape index (κ2) is 5.12. The zero-order chi connectivity index (χ0) is 15.0. The van der Waals surface area contributed by atoms with Gasteiger partial charge in [0.2, 0.25) is 10.0 Å². The summed E-state index contributed by atoms with van der Waals surface area (Å²) < 4.78 is 27.8. The highest BCUT2D eigenvalue weighted by Crippen LogP contribution is 2.23. The van der Waals surface area contributed by atoms with Crippen LogP contribution in [0.25, 0.3) is 10.8 Å². The summed E-state index contributed by atoms with van der Waals surface area (Å²) in [6, 6.07) is 6.51. The molecule has 1 aromatic heterocycles. The maximum absolute atomic E-state index is 12.6. The summed E-state index contributed by atoms with van der Waals surface area (Å²) in [7, 11) is -3.65. The monoisotopic (exact) mass is 293 g/mol. The fourth-order valence-electron chi connectivity index (χ4n) is 1.82. The molecule has 0 aliphatic heterocycles. The predicted octanol–water partition coefficient (Wildman–Crippen LogP) is 1.64. The highest BCUT2D eigenvalue weighted by molar-refractivity contribution is 7.89. The van der Waals surface area contributed by atoms with Gasteiger partial charge in [-0.2, -0.15) is 0 Å². The quantitative estimate of drug-likeness (QED) is 0.897. The second-order valence-electron chi connectivity index (χ2n) is 5.47. The third-order valence-electron chi connectivity index (χ3n) is 3.47. The van der Waals surface area contributed by atoms with Gasteiger partial charge in [-0.1, -0.05) is 12.1 Å². The number of fused-ring (bicyclic) bond motifs is 1. The summed E-state index contributed by atoms with van der Waals surface area (Å²) in [4.78, 5) is 4.25. The minimum atomic E-state index is -3.65. The molecule has 0 bridgehead atoms. The van der Waals surface area contributed by atoms with Crippen LogP contribution in [0.15, 0.2) is 41.6 Å². The third-order valence-corrected chi connectivity index (χ3v) is 5.20. The standard InChI is InChI=1S/C14H19N3O2S/c1-10(15)14(2,3)17-20(18,19)13-6-4-5-11-9-16-8-7-12(11)13/h4-10,17H,15H2,1-3H3. The number of benzene rings is 1. The van der Waals surface area contributed by atoms with Crippen LogP contribution in [0.5, 0.6) is 0 Å². The highest BCUT2D eigenvalue weighted by atomic mass is 32.2. The third kappa shape index (κ3) is 2.82. The van der Waals surface area contributed by atoms with Gasteiger partial charge in [-0.15, -0.1) is 0 Å². The lowest BCUT2D eigenvalue weighted by Gasteiger charge is -2.30. The molecule has 5 nitrogen and oxygen atoms in total. The highest BCUT2D eigenvalue weighted by Gasteiger charge is 2.30. The topological polar surface area (TPSA) is 85.1 Å². The minimum absolute atomic E-state index is 0.242. The van der Waals surface area contributed by atoms with Gasteiger partial charge in [-0.25, -0.2) is 13.1 Å². The molecule has 0 radical (unpaired) electrons. The number of sulfonamides is 1. The predicted molar refractivity (Wildman–Crippen MR) is 79.8 cm³/mol. The van der Waals surface area contributed by atoms with Crippen molar-refractivity contribution >= 4 is 20.8 Å². The summed E-state index contributed by atoms with van der Waals surface area (Å²) in [5.74, 6) is 0. The van der Waals surface area contributed by atoms with Crippen LogP contribution in [-0.4, -0.2) is 25.0 Å². The van der Waals surface area contributed by atoms with E-state index < -0.39 is 15.6 Å². The van der Waals surface area contributed by atoms with Gasteiger partial charge in [0.1, 0.15) is 0 Å². The van der Waals surface area contributed by atoms with Gasteiger partial charge in [0.25, 0.3) is 0 Å². The van der Waals surface area contributed by atoms with Gasteiger partial charge in [-0.3, -0.25) is 4.98 Å². The van der Waals surface area contributed by atoms with E-state index in [1.807, 2.05) is 6.07 Å². The zero-order valence-corrected chi connectivity index (χ0v) is 12.6. The summed E-state index contributed by atoms with van der Waals surface area (Å²) in [6.07, 6.45) is 3.23. The summed E-state index contributed by atoms with van der Waals surface area (Å²) in [6.45, 7) is 5.30. The smallest absolute Gasteiger partial charge is 0.241 e. The SMILES string of the molecule is CC(N)C(C)(C)NS(=O)(=O)c1cccc2cnccc12. The molecule has 0 aliphatic rings. The molecule has 3 N–H and O–H groups in total. The Morgan fingerprint density at radius 2 is 2.00 bits per heavy atom. The fraction of sp³-hybridized carbons (Fsp3) is 0.357. The van der Waals surface area contributed by atoms with E-state index in [4.69, 9.17) is 5.73 Å². The summed E-state index contributed by atoms with van der Waals surface area (Å²) in [5.41, 5.74) is 5.10. The van der Waals surface area contributed by atoms with Gasteiger partial charge in [0.05, 0.1) is 4.90 Å². The van der Waals surface area contributed by atoms with E-state index in [0.717, 1.165) is 5.39 Å². The number of nitrogens with zero attached hydrogens (tertiary/aromatic N) is 1. The second-order valence-corrected chi connectivity index (χ2v) is 7.12. The van der Waals surface area contributed by atoms with Crippen LogP contribution < -0.4 is 10.5 Å². The van der Waals surface area contributed by atoms with Crippen LogP contribution in [0, 0.1) is 0 Å². The average molecular weight is 293 g/mol. The molecule has 0 saturated heterocycles. The molecule has 2 aromatic rings. The Hall–Kier alpha value is -1.50. The molecular weight excluding hydrogens is 274 g/mol. The van der Waals surface area contributed by atoms with Crippen molar-refractivity contribution in [2.75, 3.05) is 0 Å². The largest absolute Gasteiger partial charge is 0.326 e. The van der Waals surface area contributed by atoms with Gasteiger partial charge in [-0.05, 0) is 32.9 Å². The van der Waals surface area contributed by atoms with Crippen LogP contribution in [0.3, 0.4) is 0 Å². The maximum Gasteiger partial charge on any atom is 0.241 e. The first kappa shape index (κ1) is 14.9. The van der Waals surface area contributed by atoms with Gasteiger partial charge in [0.15, 0.2) is 0 Å². The normalized spacial score (nSPS) is 14.4. The Morgan fingerprint density at radius 1 is 1.30 bits per heavy atom. The Morgan fingerprint density at radius 3 is 2.65 bits per heavy atom. The molecule has 2 rings (SSSR count). The van der Waals surface area contributed by atoms with Crippen LogP contribution in [0.2, 0.25) is 0 Å². The lowest BCUT2D eigenvalue weighted by Crippen LogP contribution is -2.54. The molecule has 0 fully saturated rings. The minimum Gasteiger partial charge on any atom is -0.326 e. The number of pyridine rings is 1. The van der Waals surface area contributed by atoms with Crippen LogP contribution in [0.1, 0.15) is 20.8 Å². The lowest BCUT2D eigenvalue weighted by molar-refractivity contribution is 0.388. The Kier molecular flexibility index (Phi) is 3.82. The van der Waals surface area contributed by atoms with E-state index in [1.165, 1.54) is 0 Å². The van der Waals surface area contributed by atoms with Crippen molar-refractivity contribution in [3.8, 4) is 0 Å². The molecule has 0 amide bonds. The van der Waals surface area contributed by atoms with E-state index >= 15 is 0 Å². The van der Waals surface area contributed by atoms with Crippen molar-refractivity contribution in [3.63, 3.8) is 0 Å². The number of rotatable bonds is 4. The zero-order valence-electron chi connectivity index (χ0n) is 11.8. The number of hydrogen-bond acceptors (Lipinski definition) is 4. The first-order chi connectivity index (χ1) is 9.24. The first-order valence-corrected chi connectivity index (χ1v) is 7.85. The van der Waals surface area contributed by atoms with Crippen LogP contribution in [0.4, 0.5) is 0 Å². The van der Waals surface area contributed by atoms with E-state index in [0.29, 0.717) is 5.39 Å². The average Bonchev–Trinajstić information content (AvgIpc) is 2.36. The van der Waals surface area contributed by atoms with E-state index in [1.54, 1.807) is 51.4 Å². The number of aromatic nitrogens is 1. The number of nitrogens with two attached hydrogens (primary N) is 1. The molecule has 0 spiro atoms. The molecule has 0 saturated carbocycles. The van der Waals surface area contributed by atoms with Crippen molar-refractivity contribution in [2.45, 2.75) is 37.2 Å². The fourth-order valence-corrected chi connectivity index (χ4v) is 3.54. The molecule has 108 valence electrons. The molecule has 1 heterocycles. The van der Waals surface area contributed by atoms with E-state index in [2.05, 4.69) is 9.71 Å². The lowest BCUT2D eigenvalue weighted by atomic mass is 9.99. The molecule has 6 heteroatoms. The van der Waals surface area contributed by atoms with Crippen LogP contribution >= 0.6 is 0 Å². The summed E-state index contributed by atoms with van der Waals surface area (Å²) >= 11 is 0. The molecule has 1 aromatic carbocycles. The Balaban J connectivity index is 2.53. The van der Waals surface area contributed by atoms with Crippen molar-refractivity contribution < 1.29 is 8.42 Å². The Labute approximate surface area is 119 Å². The Bertz CT molecular complexity index is 719. The maximum atomic E-state index is 12.6. The molecule has 0 aliphatic carbocycles. The molecule has 1 atom stereocenters. The number of nitrogens with one attached hydrogen (secondary N) is 1. The van der Waals surface area contributed by atoms with Gasteiger partial charge < -0.3 is 5.73 Å². The first-order valence-electron chi connectivity index (χ1n) is 6.36. The van der Waals surface area contributed by atoms with Crippen molar-refractivity contribution in [1.82, 2.24) is 9.71 Å². The molecular formula is C14H19N3O2S. The van der Waals surface area contributed by atoms with Crippen LogP contribution in [-0.2, 0) is 10.0 Å². The molecule has 1 unspecified atom stereocenters. The van der Waals surface area contributed by atoms with Crippen molar-refractivity contribution in [3.05, 3.63) is 36.7 Å². The number of hydrogen-bond donors (Lipinski definition) is 2. The van der Waals surface area contributed by atoms with Crippen molar-refractivity contribution in [1.29, 1.82) is 0 Å². The van der Waals surface area contributed by atoms with Gasteiger partial charge in [0, 0.05) is 34.7 Å². The summed E-state index contributed by atoms with van der Waals surface area (Å²) in [5, 5.41) is 1.43.